The standard InChI is InChI=1S/C25H20Cl2F2N4O.C22H19ClFN5.C4H6ClFO2/c1-33-11-16-10-25(16,12-33)6-5-14-8-20-17(7-15(14)9-21(34)23(27)29)24(31-13-30-20)32-19-4-2-3-18(26)22(19)28;1-29-10-14-9-22(14,11-29)6-5-13-7-19-15(8-17(13)25)21(27-12-26-19)28-18-4-2-3-16(23)20(18)24;1-2-8-4(7)3(5)6/h2-4,7-8,13,16,23H,9-12H2,1H3,(H,30,31,32);2-4,7-8,12,14H,9-11,25H2,1H3,(H,26,27,28);3H,2H2,1H3/t16-,23?,25+;14-,22+;/m11./s1. The number of fused-ring (bicyclic) bond motifs is 4. The topological polar surface area (TPSA) is 151 Å². The molecule has 4 heterocycles. The van der Waals surface area contributed by atoms with Gasteiger partial charge in [0.25, 0.3) is 5.63 Å². The Morgan fingerprint density at radius 1 is 0.775 bits per heavy atom. The number of halogens is 8. The molecule has 4 aromatic carbocycles. The van der Waals surface area contributed by atoms with Crippen LogP contribution in [0.2, 0.25) is 10.0 Å². The van der Waals surface area contributed by atoms with E-state index in [-0.39, 0.29) is 45.3 Å². The molecule has 0 bridgehead atoms. The number of nitrogen functional groups attached to an aromatic ring is 1. The molecule has 368 valence electrons. The number of aromatic nitrogens is 4. The smallest absolute Gasteiger partial charge is 0.356 e. The number of carbonyl (C=O) groups excluding carboxylic acids is 2. The number of nitrogens with one attached hydrogen (secondary N) is 2. The lowest BCUT2D eigenvalue weighted by Gasteiger charge is -2.13. The third kappa shape index (κ3) is 11.7. The number of ketones is 1. The van der Waals surface area contributed by atoms with Crippen LogP contribution in [0.1, 0.15) is 36.5 Å². The number of Topliss-reactive ketones (excluding diaryl/α,β-unsaturated/α-hetero) is 1. The van der Waals surface area contributed by atoms with Crippen molar-refractivity contribution in [1.29, 1.82) is 0 Å². The normalized spacial score (nSPS) is 21.3. The number of rotatable bonds is 9. The summed E-state index contributed by atoms with van der Waals surface area (Å²) >= 11 is 21.8. The molecule has 2 unspecified atom stereocenters. The number of benzene rings is 4. The molecule has 2 saturated heterocycles. The van der Waals surface area contributed by atoms with E-state index in [4.69, 9.17) is 40.5 Å². The van der Waals surface area contributed by atoms with Gasteiger partial charge in [-0.15, -0.1) is 0 Å². The molecule has 10 rings (SSSR count). The van der Waals surface area contributed by atoms with Crippen molar-refractivity contribution in [3.8, 4) is 23.7 Å². The lowest BCUT2D eigenvalue weighted by atomic mass is 9.98. The first-order valence-corrected chi connectivity index (χ1v) is 23.9. The van der Waals surface area contributed by atoms with Crippen molar-refractivity contribution in [3.05, 3.63) is 112 Å². The highest BCUT2D eigenvalue weighted by atomic mass is 35.5. The second kappa shape index (κ2) is 21.4. The number of hydrogen-bond donors (Lipinski definition) is 3. The summed E-state index contributed by atoms with van der Waals surface area (Å²) in [4.78, 5) is 43.9. The van der Waals surface area contributed by atoms with Crippen molar-refractivity contribution in [3.63, 3.8) is 0 Å². The molecular formula is C51H45Cl4F4N9O3. The highest BCUT2D eigenvalue weighted by Crippen LogP contribution is 2.57. The van der Waals surface area contributed by atoms with E-state index in [0.29, 0.717) is 62.1 Å². The van der Waals surface area contributed by atoms with Crippen molar-refractivity contribution < 1.29 is 31.9 Å². The summed E-state index contributed by atoms with van der Waals surface area (Å²) in [6.07, 6.45) is 4.77. The fraction of sp³-hybridized carbons (Fsp3) is 0.333. The molecular weight excluding hydrogens is 1000 g/mol. The summed E-state index contributed by atoms with van der Waals surface area (Å²) in [6, 6.07) is 16.4. The first kappa shape index (κ1) is 51.4. The fourth-order valence-electron chi connectivity index (χ4n) is 9.00. The summed E-state index contributed by atoms with van der Waals surface area (Å²) in [5, 5.41) is 7.16. The predicted molar refractivity (Wildman–Crippen MR) is 270 cm³/mol. The third-order valence-electron chi connectivity index (χ3n) is 12.7. The predicted octanol–water partition coefficient (Wildman–Crippen LogP) is 10.3. The highest BCUT2D eigenvalue weighted by Gasteiger charge is 2.59. The maximum absolute atomic E-state index is 14.4. The molecule has 4 fully saturated rings. The van der Waals surface area contributed by atoms with E-state index < -0.39 is 34.6 Å². The largest absolute Gasteiger partial charge is 0.463 e. The van der Waals surface area contributed by atoms with Crippen LogP contribution < -0.4 is 16.4 Å². The number of ether oxygens (including phenoxy) is 1. The molecule has 2 aliphatic carbocycles. The first-order chi connectivity index (χ1) is 33.9. The van der Waals surface area contributed by atoms with E-state index in [0.717, 1.165) is 38.2 Å². The van der Waals surface area contributed by atoms with Gasteiger partial charge >= 0.3 is 5.97 Å². The number of alkyl halides is 4. The van der Waals surface area contributed by atoms with Crippen LogP contribution in [0.5, 0.6) is 0 Å². The number of carbonyl (C=O) groups is 2. The van der Waals surface area contributed by atoms with E-state index in [2.05, 4.69) is 94.5 Å². The van der Waals surface area contributed by atoms with Gasteiger partial charge in [-0.05, 0) is 99.8 Å². The van der Waals surface area contributed by atoms with E-state index in [1.807, 2.05) is 6.07 Å². The molecule has 2 aromatic heterocycles. The average Bonchev–Trinajstić information content (AvgIpc) is 4.12. The van der Waals surface area contributed by atoms with Gasteiger partial charge in [0.15, 0.2) is 17.4 Å². The Balaban J connectivity index is 0.000000167. The maximum atomic E-state index is 14.4. The molecule has 0 amide bonds. The fourth-order valence-corrected chi connectivity index (χ4v) is 9.49. The number of hydrogen-bond acceptors (Lipinski definition) is 12. The van der Waals surface area contributed by atoms with Gasteiger partial charge in [0.2, 0.25) is 5.63 Å². The van der Waals surface area contributed by atoms with Crippen molar-refractivity contribution in [2.75, 3.05) is 63.2 Å². The van der Waals surface area contributed by atoms with Crippen LogP contribution in [-0.2, 0) is 20.7 Å². The Morgan fingerprint density at radius 3 is 1.72 bits per heavy atom. The first-order valence-electron chi connectivity index (χ1n) is 22.3. The zero-order valence-electron chi connectivity index (χ0n) is 38.4. The Hall–Kier alpha value is -5.98. The van der Waals surface area contributed by atoms with E-state index >= 15 is 0 Å². The number of nitrogens with zero attached hydrogens (tertiary/aromatic N) is 6. The summed E-state index contributed by atoms with van der Waals surface area (Å²) in [5.74, 6) is 12.4. The van der Waals surface area contributed by atoms with Crippen LogP contribution in [0.25, 0.3) is 21.8 Å². The van der Waals surface area contributed by atoms with Crippen LogP contribution in [0, 0.1) is 58.0 Å². The zero-order chi connectivity index (χ0) is 50.8. The molecule has 71 heavy (non-hydrogen) atoms. The second-order valence-corrected chi connectivity index (χ2v) is 19.5. The van der Waals surface area contributed by atoms with Crippen molar-refractivity contribution in [2.24, 2.45) is 22.7 Å². The van der Waals surface area contributed by atoms with Gasteiger partial charge < -0.3 is 30.9 Å². The number of nitrogens with two attached hydrogens (primary N) is 1. The van der Waals surface area contributed by atoms with Crippen LogP contribution in [0.3, 0.4) is 0 Å². The van der Waals surface area contributed by atoms with Gasteiger partial charge in [0.1, 0.15) is 24.3 Å². The summed E-state index contributed by atoms with van der Waals surface area (Å²) in [5.41, 5.74) is 6.28. The van der Waals surface area contributed by atoms with Gasteiger partial charge in [-0.2, -0.15) is 0 Å². The Bertz CT molecular complexity index is 3180. The number of esters is 1. The number of likely N-dealkylation sites (tertiary alicyclic amines) is 2. The number of anilines is 5. The minimum Gasteiger partial charge on any atom is -0.463 e. The molecule has 2 saturated carbocycles. The van der Waals surface area contributed by atoms with E-state index in [9.17, 15) is 27.2 Å². The van der Waals surface area contributed by atoms with E-state index in [1.165, 1.54) is 37.3 Å². The van der Waals surface area contributed by atoms with Gasteiger partial charge in [0.05, 0.1) is 39.1 Å². The quantitative estimate of drug-likeness (QED) is 0.0416. The van der Waals surface area contributed by atoms with Crippen molar-refractivity contribution >= 4 is 109 Å². The molecule has 0 spiro atoms. The Morgan fingerprint density at radius 2 is 1.27 bits per heavy atom. The Kier molecular flexibility index (Phi) is 15.5. The Labute approximate surface area is 426 Å². The van der Waals surface area contributed by atoms with Gasteiger partial charge in [-0.1, -0.05) is 82.2 Å². The van der Waals surface area contributed by atoms with Crippen LogP contribution in [0.4, 0.5) is 46.3 Å². The SMILES string of the molecule is CCOC(=O)C(F)Cl.CN1C[C@H]2C[C@@]2(C#Cc2cc3ncnc(Nc4cccc(Cl)c4F)c3cc2CC(=O)C(F)Cl)C1.CN1C[C@H]2C[C@@]2(C#Cc2cc3ncnc(Nc4cccc(Cl)c4F)c3cc2N)C1. The van der Waals surface area contributed by atoms with E-state index in [1.54, 1.807) is 43.3 Å². The van der Waals surface area contributed by atoms with Crippen LogP contribution in [-0.4, -0.2) is 99.6 Å². The monoisotopic (exact) mass is 1050 g/mol. The summed E-state index contributed by atoms with van der Waals surface area (Å²) in [6.45, 7) is 5.80. The zero-order valence-corrected chi connectivity index (χ0v) is 41.4. The second-order valence-electron chi connectivity index (χ2n) is 17.9. The molecule has 12 nitrogen and oxygen atoms in total. The molecule has 4 N–H and O–H groups in total. The average molecular weight is 1050 g/mol. The van der Waals surface area contributed by atoms with Gasteiger partial charge in [0, 0.05) is 71.0 Å². The number of piperidine rings is 2. The minimum atomic E-state index is -2.11. The lowest BCUT2D eigenvalue weighted by Crippen LogP contribution is -2.19. The summed E-state index contributed by atoms with van der Waals surface area (Å²) in [7, 11) is 4.21. The molecule has 6 atom stereocenters. The van der Waals surface area contributed by atoms with Crippen LogP contribution >= 0.6 is 46.4 Å². The lowest BCUT2D eigenvalue weighted by molar-refractivity contribution is -0.145. The molecule has 0 radical (unpaired) electrons. The molecule has 2 aliphatic heterocycles. The highest BCUT2D eigenvalue weighted by molar-refractivity contribution is 6.31. The maximum Gasteiger partial charge on any atom is 0.356 e. The molecule has 4 aliphatic rings. The van der Waals surface area contributed by atoms with Crippen molar-refractivity contribution in [2.45, 2.75) is 37.4 Å². The molecule has 20 heteroatoms. The van der Waals surface area contributed by atoms with Gasteiger partial charge in [-0.3, -0.25) is 4.79 Å². The third-order valence-corrected chi connectivity index (χ3v) is 13.7. The van der Waals surface area contributed by atoms with Crippen LogP contribution in [0.15, 0.2) is 73.3 Å². The van der Waals surface area contributed by atoms with Crippen molar-refractivity contribution in [1.82, 2.24) is 29.7 Å². The van der Waals surface area contributed by atoms with Gasteiger partial charge in [-0.25, -0.2) is 42.3 Å². The molecule has 6 aromatic rings. The summed E-state index contributed by atoms with van der Waals surface area (Å²) < 4.78 is 57.9. The minimum absolute atomic E-state index is 0.0252.